The van der Waals surface area contributed by atoms with Crippen LogP contribution >= 0.6 is 15.9 Å². The van der Waals surface area contributed by atoms with Crippen molar-refractivity contribution in [3.8, 4) is 5.75 Å². The van der Waals surface area contributed by atoms with Crippen molar-refractivity contribution >= 4 is 21.7 Å². The third-order valence-electron chi connectivity index (χ3n) is 5.29. The molecule has 2 aliphatic carbocycles. The van der Waals surface area contributed by atoms with E-state index >= 15 is 0 Å². The van der Waals surface area contributed by atoms with Crippen LogP contribution in [0.25, 0.3) is 0 Å². The fourth-order valence-electron chi connectivity index (χ4n) is 4.29. The Labute approximate surface area is 135 Å². The number of carbonyl (C=O) groups is 1. The van der Waals surface area contributed by atoms with Crippen molar-refractivity contribution in [2.24, 2.45) is 11.8 Å². The fourth-order valence-corrected chi connectivity index (χ4v) is 4.61. The molecule has 0 aliphatic heterocycles. The van der Waals surface area contributed by atoms with Gasteiger partial charge in [-0.3, -0.25) is 4.79 Å². The van der Waals surface area contributed by atoms with E-state index in [9.17, 15) is 4.79 Å². The van der Waals surface area contributed by atoms with E-state index in [2.05, 4.69) is 34.1 Å². The number of alkyl halides is 1. The van der Waals surface area contributed by atoms with Gasteiger partial charge in [-0.15, -0.1) is 0 Å². The fraction of sp³-hybridized carbons (Fsp3) is 0.611. The van der Waals surface area contributed by atoms with E-state index in [1.54, 1.807) is 7.11 Å². The van der Waals surface area contributed by atoms with Gasteiger partial charge in [-0.2, -0.15) is 0 Å². The molecule has 0 heterocycles. The number of aryl methyl sites for hydroxylation is 1. The average molecular weight is 351 g/mol. The zero-order chi connectivity index (χ0) is 14.8. The quantitative estimate of drug-likeness (QED) is 0.747. The lowest BCUT2D eigenvalue weighted by atomic mass is 9.62. The first-order chi connectivity index (χ1) is 10.2. The summed E-state index contributed by atoms with van der Waals surface area (Å²) in [5.41, 5.74) is 2.91. The van der Waals surface area contributed by atoms with E-state index in [-0.39, 0.29) is 5.92 Å². The van der Waals surface area contributed by atoms with Crippen molar-refractivity contribution in [3.05, 3.63) is 29.3 Å². The molecule has 0 saturated heterocycles. The minimum atomic E-state index is 0.288. The van der Waals surface area contributed by atoms with Gasteiger partial charge in [0, 0.05) is 17.7 Å². The number of rotatable bonds is 4. The van der Waals surface area contributed by atoms with Crippen LogP contribution in [0.15, 0.2) is 18.2 Å². The molecule has 0 radical (unpaired) electrons. The standard InChI is InChI=1S/C18H23BrO2/c1-21-13-5-7-14-12(11-13)4-6-16-15(14)8-9-18(20)17(16)3-2-10-19/h5,7,11,15-17H,2-4,6,8-10H2,1H3/t15-,16-,17+/m1/s1. The maximum Gasteiger partial charge on any atom is 0.136 e. The topological polar surface area (TPSA) is 26.3 Å². The number of fused-ring (bicyclic) bond motifs is 3. The molecule has 0 spiro atoms. The van der Waals surface area contributed by atoms with Crippen LogP contribution in [0, 0.1) is 11.8 Å². The number of halogens is 1. The van der Waals surface area contributed by atoms with Crippen molar-refractivity contribution in [1.82, 2.24) is 0 Å². The maximum atomic E-state index is 12.3. The Morgan fingerprint density at radius 2 is 2.14 bits per heavy atom. The highest BCUT2D eigenvalue weighted by Gasteiger charge is 2.41. The van der Waals surface area contributed by atoms with Crippen molar-refractivity contribution < 1.29 is 9.53 Å². The highest BCUT2D eigenvalue weighted by Crippen LogP contribution is 2.48. The van der Waals surface area contributed by atoms with Gasteiger partial charge in [0.25, 0.3) is 0 Å². The van der Waals surface area contributed by atoms with E-state index in [0.29, 0.717) is 17.6 Å². The van der Waals surface area contributed by atoms with Crippen molar-refractivity contribution in [2.75, 3.05) is 12.4 Å². The Morgan fingerprint density at radius 1 is 1.29 bits per heavy atom. The monoisotopic (exact) mass is 350 g/mol. The molecule has 2 nitrogen and oxygen atoms in total. The number of benzene rings is 1. The molecule has 0 amide bonds. The van der Waals surface area contributed by atoms with Crippen molar-refractivity contribution in [1.29, 1.82) is 0 Å². The van der Waals surface area contributed by atoms with Crippen LogP contribution in [0.3, 0.4) is 0 Å². The second kappa shape index (κ2) is 6.51. The summed E-state index contributed by atoms with van der Waals surface area (Å²) < 4.78 is 5.35. The summed E-state index contributed by atoms with van der Waals surface area (Å²) in [5.74, 6) is 2.89. The molecular formula is C18H23BrO2. The summed E-state index contributed by atoms with van der Waals surface area (Å²) in [7, 11) is 1.73. The Hall–Kier alpha value is -0.830. The molecule has 0 bridgehead atoms. The normalized spacial score (nSPS) is 27.9. The molecule has 21 heavy (non-hydrogen) atoms. The SMILES string of the molecule is COc1ccc2c(c1)CC[C@H]1[C@H](CCCBr)C(=O)CC[C@H]21. The van der Waals surface area contributed by atoms with Crippen LogP contribution in [0.4, 0.5) is 0 Å². The molecule has 3 rings (SSSR count). The number of carbonyl (C=O) groups excluding carboxylic acids is 1. The van der Waals surface area contributed by atoms with Gasteiger partial charge >= 0.3 is 0 Å². The number of ketones is 1. The molecule has 3 atom stereocenters. The molecule has 2 aliphatic rings. The summed E-state index contributed by atoms with van der Waals surface area (Å²) in [6, 6.07) is 6.50. The Kier molecular flexibility index (Phi) is 4.68. The van der Waals surface area contributed by atoms with Gasteiger partial charge in [0.15, 0.2) is 0 Å². The first-order valence-electron chi connectivity index (χ1n) is 8.00. The van der Waals surface area contributed by atoms with Gasteiger partial charge in [-0.05, 0) is 67.2 Å². The second-order valence-electron chi connectivity index (χ2n) is 6.32. The predicted molar refractivity (Wildman–Crippen MR) is 88.3 cm³/mol. The molecule has 1 fully saturated rings. The molecule has 3 heteroatoms. The number of Topliss-reactive ketones (excluding diaryl/α,β-unsaturated/α-hetero) is 1. The highest BCUT2D eigenvalue weighted by atomic mass is 79.9. The predicted octanol–water partition coefficient (Wildman–Crippen LogP) is 4.50. The lowest BCUT2D eigenvalue weighted by Gasteiger charge is -2.41. The smallest absolute Gasteiger partial charge is 0.136 e. The third kappa shape index (κ3) is 2.90. The largest absolute Gasteiger partial charge is 0.497 e. The summed E-state index contributed by atoms with van der Waals surface area (Å²) in [4.78, 5) is 12.3. The van der Waals surface area contributed by atoms with Crippen LogP contribution in [0.1, 0.15) is 49.1 Å². The van der Waals surface area contributed by atoms with E-state index in [1.165, 1.54) is 11.1 Å². The first-order valence-corrected chi connectivity index (χ1v) is 9.12. The van der Waals surface area contributed by atoms with Gasteiger partial charge in [0.1, 0.15) is 11.5 Å². The van der Waals surface area contributed by atoms with Gasteiger partial charge in [0.05, 0.1) is 7.11 Å². The molecule has 0 N–H and O–H groups in total. The molecular weight excluding hydrogens is 328 g/mol. The first kappa shape index (κ1) is 15.1. The number of hydrogen-bond acceptors (Lipinski definition) is 2. The molecule has 1 aromatic carbocycles. The second-order valence-corrected chi connectivity index (χ2v) is 7.11. The molecule has 0 aromatic heterocycles. The van der Waals surface area contributed by atoms with Crippen LogP contribution in [0.2, 0.25) is 0 Å². The van der Waals surface area contributed by atoms with Gasteiger partial charge < -0.3 is 4.74 Å². The molecule has 114 valence electrons. The Morgan fingerprint density at radius 3 is 2.90 bits per heavy atom. The van der Waals surface area contributed by atoms with E-state index in [4.69, 9.17) is 4.74 Å². The van der Waals surface area contributed by atoms with Gasteiger partial charge in [-0.1, -0.05) is 22.0 Å². The van der Waals surface area contributed by atoms with E-state index < -0.39 is 0 Å². The Balaban J connectivity index is 1.86. The number of ether oxygens (including phenoxy) is 1. The van der Waals surface area contributed by atoms with E-state index in [0.717, 1.165) is 49.6 Å². The highest BCUT2D eigenvalue weighted by molar-refractivity contribution is 9.09. The van der Waals surface area contributed by atoms with Crippen molar-refractivity contribution in [2.45, 2.75) is 44.4 Å². The minimum Gasteiger partial charge on any atom is -0.497 e. The minimum absolute atomic E-state index is 0.288. The van der Waals surface area contributed by atoms with E-state index in [1.807, 2.05) is 0 Å². The summed E-state index contributed by atoms with van der Waals surface area (Å²) >= 11 is 3.50. The number of hydrogen-bond donors (Lipinski definition) is 0. The van der Waals surface area contributed by atoms with Crippen molar-refractivity contribution in [3.63, 3.8) is 0 Å². The summed E-state index contributed by atoms with van der Waals surface area (Å²) in [6.07, 6.45) is 6.20. The summed E-state index contributed by atoms with van der Waals surface area (Å²) in [6.45, 7) is 0. The zero-order valence-electron chi connectivity index (χ0n) is 12.6. The maximum absolute atomic E-state index is 12.3. The molecule has 1 aromatic rings. The van der Waals surface area contributed by atoms with Gasteiger partial charge in [-0.25, -0.2) is 0 Å². The summed E-state index contributed by atoms with van der Waals surface area (Å²) in [5, 5.41) is 1.00. The van der Waals surface area contributed by atoms with Crippen LogP contribution in [0.5, 0.6) is 5.75 Å². The third-order valence-corrected chi connectivity index (χ3v) is 5.86. The lowest BCUT2D eigenvalue weighted by molar-refractivity contribution is -0.127. The zero-order valence-corrected chi connectivity index (χ0v) is 14.2. The lowest BCUT2D eigenvalue weighted by Crippen LogP contribution is -2.36. The van der Waals surface area contributed by atoms with Crippen LogP contribution < -0.4 is 4.74 Å². The molecule has 1 saturated carbocycles. The average Bonchev–Trinajstić information content (AvgIpc) is 2.52. The number of methoxy groups -OCH3 is 1. The van der Waals surface area contributed by atoms with Crippen LogP contribution in [-0.4, -0.2) is 18.2 Å². The Bertz CT molecular complexity index is 526. The van der Waals surface area contributed by atoms with Crippen LogP contribution in [-0.2, 0) is 11.2 Å². The molecule has 0 unspecified atom stereocenters. The van der Waals surface area contributed by atoms with Gasteiger partial charge in [0.2, 0.25) is 0 Å².